The van der Waals surface area contributed by atoms with Crippen LogP contribution < -0.4 is 10.2 Å². The van der Waals surface area contributed by atoms with Crippen LogP contribution in [0.4, 0.5) is 5.69 Å². The van der Waals surface area contributed by atoms with Gasteiger partial charge in [-0.2, -0.15) is 0 Å². The maximum absolute atomic E-state index is 14.9. The SMILES string of the molecule is C=CCCC(=O)OC[C@H](NC(=O)[C@@H]1[C@H]2C(=O)N([C@@H](CC)CO)[C@H](C(=O)N(CC=C)c3c(C)cccc3C)[C@]23CC[C@H]1O3)c1ccccc1. The summed E-state index contributed by atoms with van der Waals surface area (Å²) < 4.78 is 12.2. The van der Waals surface area contributed by atoms with Crippen molar-refractivity contribution in [2.45, 2.75) is 82.7 Å². The molecule has 0 aromatic heterocycles. The number of carbonyl (C=O) groups is 4. The maximum atomic E-state index is 14.9. The van der Waals surface area contributed by atoms with Crippen LogP contribution in [0.25, 0.3) is 0 Å². The maximum Gasteiger partial charge on any atom is 0.306 e. The highest BCUT2D eigenvalue weighted by molar-refractivity contribution is 6.05. The molecular weight excluding hydrogens is 610 g/mol. The Hall–Kier alpha value is -4.28. The molecule has 10 nitrogen and oxygen atoms in total. The molecule has 2 bridgehead atoms. The summed E-state index contributed by atoms with van der Waals surface area (Å²) in [5.74, 6) is -3.31. The number of nitrogens with zero attached hydrogens (tertiary/aromatic N) is 2. The largest absolute Gasteiger partial charge is 0.463 e. The molecule has 3 fully saturated rings. The van der Waals surface area contributed by atoms with Gasteiger partial charge in [-0.1, -0.05) is 67.6 Å². The first-order valence-corrected chi connectivity index (χ1v) is 16.8. The molecule has 3 heterocycles. The minimum Gasteiger partial charge on any atom is -0.463 e. The van der Waals surface area contributed by atoms with E-state index >= 15 is 0 Å². The molecule has 3 saturated heterocycles. The molecule has 0 unspecified atom stereocenters. The molecule has 2 aromatic carbocycles. The Morgan fingerprint density at radius 1 is 1.12 bits per heavy atom. The summed E-state index contributed by atoms with van der Waals surface area (Å²) in [5, 5.41) is 13.5. The van der Waals surface area contributed by atoms with Gasteiger partial charge in [-0.25, -0.2) is 0 Å². The number of aryl methyl sites for hydroxylation is 2. The zero-order valence-electron chi connectivity index (χ0n) is 28.1. The summed E-state index contributed by atoms with van der Waals surface area (Å²) in [6.45, 7) is 13.1. The van der Waals surface area contributed by atoms with Crippen molar-refractivity contribution in [3.05, 3.63) is 90.5 Å². The zero-order chi connectivity index (χ0) is 34.6. The molecule has 0 saturated carbocycles. The number of nitrogens with one attached hydrogen (secondary N) is 1. The van der Waals surface area contributed by atoms with Crippen molar-refractivity contribution in [3.8, 4) is 0 Å². The number of allylic oxidation sites excluding steroid dienone is 1. The molecule has 3 amide bonds. The smallest absolute Gasteiger partial charge is 0.306 e. The second kappa shape index (κ2) is 14.9. The van der Waals surface area contributed by atoms with Crippen molar-refractivity contribution in [1.29, 1.82) is 0 Å². The first-order valence-electron chi connectivity index (χ1n) is 16.8. The third kappa shape index (κ3) is 6.31. The van der Waals surface area contributed by atoms with E-state index in [0.717, 1.165) is 22.4 Å². The number of fused-ring (bicyclic) bond motifs is 1. The summed E-state index contributed by atoms with van der Waals surface area (Å²) in [6, 6.07) is 12.6. The lowest BCUT2D eigenvalue weighted by atomic mass is 9.70. The lowest BCUT2D eigenvalue weighted by Gasteiger charge is -2.39. The molecule has 10 heteroatoms. The molecule has 2 N–H and O–H groups in total. The number of benzene rings is 2. The molecule has 5 rings (SSSR count). The van der Waals surface area contributed by atoms with Gasteiger partial charge in [0.15, 0.2) is 0 Å². The predicted molar refractivity (Wildman–Crippen MR) is 182 cm³/mol. The van der Waals surface area contributed by atoms with Crippen LogP contribution in [0.5, 0.6) is 0 Å². The van der Waals surface area contributed by atoms with Crippen LogP contribution in [-0.2, 0) is 28.7 Å². The molecule has 3 aliphatic rings. The quantitative estimate of drug-likeness (QED) is 0.216. The average Bonchev–Trinajstić information content (AvgIpc) is 3.73. The fourth-order valence-electron chi connectivity index (χ4n) is 7.92. The minimum atomic E-state index is -1.25. The number of para-hydroxylation sites is 1. The van der Waals surface area contributed by atoms with Gasteiger partial charge in [0.2, 0.25) is 11.8 Å². The number of hydrogen-bond acceptors (Lipinski definition) is 7. The van der Waals surface area contributed by atoms with E-state index in [0.29, 0.717) is 25.7 Å². The number of ether oxygens (including phenoxy) is 2. The van der Waals surface area contributed by atoms with Gasteiger partial charge in [-0.15, -0.1) is 13.2 Å². The number of likely N-dealkylation sites (tertiary alicyclic amines) is 1. The van der Waals surface area contributed by atoms with Crippen LogP contribution in [0.2, 0.25) is 0 Å². The second-order valence-electron chi connectivity index (χ2n) is 13.0. The Bertz CT molecular complexity index is 1520. The highest BCUT2D eigenvalue weighted by Gasteiger charge is 2.75. The van der Waals surface area contributed by atoms with Crippen LogP contribution in [0.3, 0.4) is 0 Å². The topological polar surface area (TPSA) is 125 Å². The van der Waals surface area contributed by atoms with Crippen LogP contribution >= 0.6 is 0 Å². The molecule has 7 atom stereocenters. The normalized spacial score (nSPS) is 25.2. The number of hydrogen-bond donors (Lipinski definition) is 2. The Labute approximate surface area is 282 Å². The van der Waals surface area contributed by atoms with E-state index < -0.39 is 53.5 Å². The summed E-state index contributed by atoms with van der Waals surface area (Å²) in [4.78, 5) is 59.3. The standard InChI is InChI=1S/C38H47N3O7/c1-6-9-18-30(43)47-23-28(26-16-11-10-12-17-26)39-35(44)31-29-19-20-38(48-29)32(31)36(45)41(27(8-3)22-42)34(38)37(46)40(21-7-2)33-24(4)14-13-15-25(33)5/h6-7,10-17,27-29,31-32,34,42H,1-2,8-9,18-23H2,3-5H3,(H,39,44)/t27-,28-,29+,31-,32-,34+,38-/m0/s1. The number of aliphatic hydroxyl groups excluding tert-OH is 1. The van der Waals surface area contributed by atoms with E-state index in [2.05, 4.69) is 18.5 Å². The Morgan fingerprint density at radius 3 is 2.46 bits per heavy atom. The summed E-state index contributed by atoms with van der Waals surface area (Å²) in [7, 11) is 0. The second-order valence-corrected chi connectivity index (χ2v) is 13.0. The van der Waals surface area contributed by atoms with Gasteiger partial charge in [-0.05, 0) is 56.2 Å². The number of amides is 3. The monoisotopic (exact) mass is 657 g/mol. The van der Waals surface area contributed by atoms with Crippen molar-refractivity contribution >= 4 is 29.4 Å². The Kier molecular flexibility index (Phi) is 10.9. The van der Waals surface area contributed by atoms with E-state index in [4.69, 9.17) is 9.47 Å². The van der Waals surface area contributed by atoms with Crippen molar-refractivity contribution in [2.24, 2.45) is 11.8 Å². The lowest BCUT2D eigenvalue weighted by molar-refractivity contribution is -0.146. The Morgan fingerprint density at radius 2 is 1.83 bits per heavy atom. The number of carbonyl (C=O) groups excluding carboxylic acids is 4. The van der Waals surface area contributed by atoms with Gasteiger partial charge in [0.25, 0.3) is 5.91 Å². The van der Waals surface area contributed by atoms with Gasteiger partial charge < -0.3 is 29.7 Å². The van der Waals surface area contributed by atoms with Gasteiger partial charge in [0.05, 0.1) is 36.6 Å². The average molecular weight is 658 g/mol. The van der Waals surface area contributed by atoms with E-state index in [1.165, 1.54) is 4.90 Å². The third-order valence-electron chi connectivity index (χ3n) is 10.1. The highest BCUT2D eigenvalue weighted by atomic mass is 16.5. The fourth-order valence-corrected chi connectivity index (χ4v) is 7.92. The van der Waals surface area contributed by atoms with Crippen molar-refractivity contribution in [3.63, 3.8) is 0 Å². The first-order chi connectivity index (χ1) is 23.1. The Balaban J connectivity index is 1.50. The van der Waals surface area contributed by atoms with Gasteiger partial charge in [0, 0.05) is 18.7 Å². The minimum absolute atomic E-state index is 0.0876. The molecule has 1 spiro atoms. The molecular formula is C38H47N3O7. The first kappa shape index (κ1) is 35.0. The summed E-state index contributed by atoms with van der Waals surface area (Å²) >= 11 is 0. The highest BCUT2D eigenvalue weighted by Crippen LogP contribution is 2.59. The lowest BCUT2D eigenvalue weighted by Crippen LogP contribution is -2.59. The third-order valence-corrected chi connectivity index (χ3v) is 10.1. The predicted octanol–water partition coefficient (Wildman–Crippen LogP) is 4.33. The molecule has 2 aromatic rings. The van der Waals surface area contributed by atoms with Crippen molar-refractivity contribution in [2.75, 3.05) is 24.7 Å². The van der Waals surface area contributed by atoms with Crippen LogP contribution in [0, 0.1) is 25.7 Å². The van der Waals surface area contributed by atoms with Gasteiger partial charge in [-0.3, -0.25) is 19.2 Å². The van der Waals surface area contributed by atoms with E-state index in [9.17, 15) is 24.3 Å². The van der Waals surface area contributed by atoms with Gasteiger partial charge in [0.1, 0.15) is 18.2 Å². The number of anilines is 1. The van der Waals surface area contributed by atoms with Crippen molar-refractivity contribution in [1.82, 2.24) is 10.2 Å². The number of aliphatic hydroxyl groups is 1. The van der Waals surface area contributed by atoms with Crippen LogP contribution in [0.1, 0.15) is 61.8 Å². The van der Waals surface area contributed by atoms with E-state index in [1.54, 1.807) is 17.1 Å². The zero-order valence-corrected chi connectivity index (χ0v) is 28.1. The van der Waals surface area contributed by atoms with E-state index in [1.807, 2.05) is 69.3 Å². The molecule has 3 aliphatic heterocycles. The molecule has 256 valence electrons. The number of rotatable bonds is 15. The summed E-state index contributed by atoms with van der Waals surface area (Å²) in [6.07, 6.45) is 4.69. The van der Waals surface area contributed by atoms with Crippen LogP contribution in [-0.4, -0.2) is 77.2 Å². The fraction of sp³-hybridized carbons (Fsp3) is 0.474. The molecule has 0 radical (unpaired) electrons. The number of esters is 1. The van der Waals surface area contributed by atoms with Crippen molar-refractivity contribution < 1.29 is 33.8 Å². The van der Waals surface area contributed by atoms with E-state index in [-0.39, 0.29) is 38.0 Å². The van der Waals surface area contributed by atoms with Crippen LogP contribution in [0.15, 0.2) is 73.8 Å². The molecule has 48 heavy (non-hydrogen) atoms. The van der Waals surface area contributed by atoms with Gasteiger partial charge >= 0.3 is 5.97 Å². The summed E-state index contributed by atoms with van der Waals surface area (Å²) in [5.41, 5.74) is 2.03. The molecule has 0 aliphatic carbocycles.